The van der Waals surface area contributed by atoms with Crippen molar-refractivity contribution in [3.63, 3.8) is 0 Å². The summed E-state index contributed by atoms with van der Waals surface area (Å²) in [6.07, 6.45) is 0.522. The molecule has 1 aliphatic rings. The first-order valence-electron chi connectivity index (χ1n) is 8.61. The Morgan fingerprint density at radius 2 is 1.78 bits per heavy atom. The first kappa shape index (κ1) is 18.6. The summed E-state index contributed by atoms with van der Waals surface area (Å²) in [5.41, 5.74) is 1.24. The molecule has 140 valence electrons. The number of nitrogens with one attached hydrogen (secondary N) is 1. The van der Waals surface area contributed by atoms with E-state index in [1.165, 1.54) is 17.0 Å². The van der Waals surface area contributed by atoms with Crippen LogP contribution < -0.4 is 10.1 Å². The Balaban J connectivity index is 1.46. The van der Waals surface area contributed by atoms with E-state index in [9.17, 15) is 18.8 Å². The Morgan fingerprint density at radius 3 is 2.44 bits per heavy atom. The first-order valence-corrected chi connectivity index (χ1v) is 8.61. The van der Waals surface area contributed by atoms with Crippen molar-refractivity contribution in [3.05, 3.63) is 65.5 Å². The lowest BCUT2D eigenvalue weighted by atomic mass is 10.1. The molecule has 3 amide bonds. The van der Waals surface area contributed by atoms with Crippen molar-refractivity contribution >= 4 is 17.7 Å². The number of ether oxygens (including phenoxy) is 1. The van der Waals surface area contributed by atoms with Gasteiger partial charge >= 0.3 is 0 Å². The van der Waals surface area contributed by atoms with Gasteiger partial charge in [-0.1, -0.05) is 18.2 Å². The summed E-state index contributed by atoms with van der Waals surface area (Å²) in [5.74, 6) is -0.577. The lowest BCUT2D eigenvalue weighted by Gasteiger charge is -2.14. The molecule has 0 aliphatic carbocycles. The number of hydrogen-bond acceptors (Lipinski definition) is 4. The summed E-state index contributed by atoms with van der Waals surface area (Å²) in [6.45, 7) is 0.710. The van der Waals surface area contributed by atoms with E-state index in [2.05, 4.69) is 5.32 Å². The average Bonchev–Trinajstić information content (AvgIpc) is 2.98. The number of hydrogen-bond donors (Lipinski definition) is 1. The predicted octanol–water partition coefficient (Wildman–Crippen LogP) is 2.28. The first-order chi connectivity index (χ1) is 13.0. The molecule has 1 aliphatic heterocycles. The van der Waals surface area contributed by atoms with Gasteiger partial charge in [0.15, 0.2) is 0 Å². The van der Waals surface area contributed by atoms with Crippen LogP contribution in [0.15, 0.2) is 48.5 Å². The predicted molar refractivity (Wildman–Crippen MR) is 95.5 cm³/mol. The van der Waals surface area contributed by atoms with Gasteiger partial charge in [0.05, 0.1) is 13.1 Å². The Morgan fingerprint density at radius 1 is 1.07 bits per heavy atom. The Labute approximate surface area is 155 Å². The minimum Gasteiger partial charge on any atom is -0.492 e. The number of likely N-dealkylation sites (tertiary alicyclic amines) is 1. The normalized spacial score (nSPS) is 13.7. The van der Waals surface area contributed by atoms with Crippen LogP contribution in [-0.2, 0) is 16.1 Å². The number of imide groups is 1. The maximum atomic E-state index is 13.0. The zero-order valence-electron chi connectivity index (χ0n) is 14.6. The van der Waals surface area contributed by atoms with Crippen LogP contribution in [0.1, 0.15) is 28.8 Å². The van der Waals surface area contributed by atoms with E-state index >= 15 is 0 Å². The van der Waals surface area contributed by atoms with E-state index in [0.29, 0.717) is 11.3 Å². The van der Waals surface area contributed by atoms with Gasteiger partial charge < -0.3 is 10.1 Å². The number of rotatable bonds is 7. The van der Waals surface area contributed by atoms with Crippen LogP contribution in [0.2, 0.25) is 0 Å². The van der Waals surface area contributed by atoms with Gasteiger partial charge in [-0.2, -0.15) is 0 Å². The second-order valence-corrected chi connectivity index (χ2v) is 6.13. The topological polar surface area (TPSA) is 75.7 Å². The molecule has 1 saturated heterocycles. The molecule has 0 spiro atoms. The monoisotopic (exact) mass is 370 g/mol. The molecular weight excluding hydrogens is 351 g/mol. The number of nitrogens with zero attached hydrogens (tertiary/aromatic N) is 1. The van der Waals surface area contributed by atoms with Crippen LogP contribution in [0, 0.1) is 5.82 Å². The highest BCUT2D eigenvalue weighted by molar-refractivity contribution is 6.01. The van der Waals surface area contributed by atoms with Gasteiger partial charge in [0.2, 0.25) is 11.8 Å². The van der Waals surface area contributed by atoms with Crippen molar-refractivity contribution in [2.45, 2.75) is 19.4 Å². The molecule has 0 unspecified atom stereocenters. The molecule has 0 radical (unpaired) electrons. The highest BCUT2D eigenvalue weighted by atomic mass is 19.1. The molecule has 1 heterocycles. The van der Waals surface area contributed by atoms with E-state index in [4.69, 9.17) is 4.74 Å². The van der Waals surface area contributed by atoms with Crippen molar-refractivity contribution in [1.29, 1.82) is 0 Å². The van der Waals surface area contributed by atoms with Crippen molar-refractivity contribution in [2.24, 2.45) is 0 Å². The Bertz CT molecular complexity index is 835. The van der Waals surface area contributed by atoms with Crippen molar-refractivity contribution in [2.75, 3.05) is 13.2 Å². The Hall–Kier alpha value is -3.22. The molecule has 7 heteroatoms. The molecule has 0 bridgehead atoms. The molecule has 2 aromatic rings. The van der Waals surface area contributed by atoms with Crippen LogP contribution in [0.4, 0.5) is 4.39 Å². The minimum atomic E-state index is -0.381. The summed E-state index contributed by atoms with van der Waals surface area (Å²) in [7, 11) is 0. The molecular formula is C20H19FN2O4. The number of carbonyl (C=O) groups is 3. The third-order valence-corrected chi connectivity index (χ3v) is 4.16. The molecule has 1 fully saturated rings. The van der Waals surface area contributed by atoms with E-state index < -0.39 is 0 Å². The van der Waals surface area contributed by atoms with Crippen molar-refractivity contribution in [1.82, 2.24) is 10.2 Å². The van der Waals surface area contributed by atoms with Crippen LogP contribution in [0.3, 0.4) is 0 Å². The number of halogens is 1. The van der Waals surface area contributed by atoms with E-state index in [0.717, 1.165) is 5.56 Å². The van der Waals surface area contributed by atoms with Crippen LogP contribution in [0.25, 0.3) is 0 Å². The summed E-state index contributed by atoms with van der Waals surface area (Å²) < 4.78 is 18.4. The molecule has 0 atom stereocenters. The number of benzene rings is 2. The third-order valence-electron chi connectivity index (χ3n) is 4.16. The maximum Gasteiger partial charge on any atom is 0.251 e. The second-order valence-electron chi connectivity index (χ2n) is 6.13. The van der Waals surface area contributed by atoms with E-state index in [1.54, 1.807) is 36.4 Å². The largest absolute Gasteiger partial charge is 0.492 e. The van der Waals surface area contributed by atoms with Gasteiger partial charge in [-0.3, -0.25) is 19.3 Å². The standard InChI is InChI=1S/C20H19FN2O4/c21-16-2-1-3-17(12-16)27-11-10-22-20(26)15-6-4-14(5-7-15)13-23-18(24)8-9-19(23)25/h1-7,12H,8-11,13H2,(H,22,26). The van der Waals surface area contributed by atoms with Gasteiger partial charge in [-0.15, -0.1) is 0 Å². The highest BCUT2D eigenvalue weighted by Crippen LogP contribution is 2.16. The molecule has 6 nitrogen and oxygen atoms in total. The van der Waals surface area contributed by atoms with Gasteiger partial charge in [0, 0.05) is 24.5 Å². The van der Waals surface area contributed by atoms with Gasteiger partial charge in [0.25, 0.3) is 5.91 Å². The summed E-state index contributed by atoms with van der Waals surface area (Å²) in [5, 5.41) is 2.71. The minimum absolute atomic E-state index is 0.167. The number of amides is 3. The third kappa shape index (κ3) is 4.91. The SMILES string of the molecule is O=C(NCCOc1cccc(F)c1)c1ccc(CN2C(=O)CCC2=O)cc1. The summed E-state index contributed by atoms with van der Waals surface area (Å²) >= 11 is 0. The number of carbonyl (C=O) groups excluding carboxylic acids is 3. The van der Waals surface area contributed by atoms with Gasteiger partial charge in [-0.05, 0) is 29.8 Å². The fourth-order valence-corrected chi connectivity index (χ4v) is 2.74. The molecule has 1 N–H and O–H groups in total. The quantitative estimate of drug-likeness (QED) is 0.599. The lowest BCUT2D eigenvalue weighted by molar-refractivity contribution is -0.139. The molecule has 27 heavy (non-hydrogen) atoms. The van der Waals surface area contributed by atoms with Crippen molar-refractivity contribution in [3.8, 4) is 5.75 Å². The lowest BCUT2D eigenvalue weighted by Crippen LogP contribution is -2.29. The smallest absolute Gasteiger partial charge is 0.251 e. The molecule has 2 aromatic carbocycles. The zero-order chi connectivity index (χ0) is 19.2. The van der Waals surface area contributed by atoms with E-state index in [1.807, 2.05) is 0 Å². The molecule has 0 aromatic heterocycles. The van der Waals surface area contributed by atoms with E-state index in [-0.39, 0.29) is 56.1 Å². The summed E-state index contributed by atoms with van der Waals surface area (Å²) in [6, 6.07) is 12.5. The van der Waals surface area contributed by atoms with Gasteiger partial charge in [-0.25, -0.2) is 4.39 Å². The van der Waals surface area contributed by atoms with Gasteiger partial charge in [0.1, 0.15) is 18.2 Å². The Kier molecular flexibility index (Phi) is 5.80. The molecule has 0 saturated carbocycles. The van der Waals surface area contributed by atoms with Crippen LogP contribution in [-0.4, -0.2) is 35.8 Å². The van der Waals surface area contributed by atoms with Crippen LogP contribution >= 0.6 is 0 Å². The average molecular weight is 370 g/mol. The highest BCUT2D eigenvalue weighted by Gasteiger charge is 2.28. The maximum absolute atomic E-state index is 13.0. The fourth-order valence-electron chi connectivity index (χ4n) is 2.74. The fraction of sp³-hybridized carbons (Fsp3) is 0.250. The zero-order valence-corrected chi connectivity index (χ0v) is 14.6. The summed E-state index contributed by atoms with van der Waals surface area (Å²) in [4.78, 5) is 36.6. The second kappa shape index (κ2) is 8.44. The van der Waals surface area contributed by atoms with Crippen LogP contribution in [0.5, 0.6) is 5.75 Å². The van der Waals surface area contributed by atoms with Crippen molar-refractivity contribution < 1.29 is 23.5 Å². The molecule has 3 rings (SSSR count).